The molecule has 2 unspecified atom stereocenters. The molecule has 1 amide bonds. The van der Waals surface area contributed by atoms with E-state index in [-0.39, 0.29) is 16.4 Å². The van der Waals surface area contributed by atoms with Crippen molar-refractivity contribution in [1.82, 2.24) is 0 Å². The molecule has 0 aliphatic heterocycles. The molecule has 0 radical (unpaired) electrons. The van der Waals surface area contributed by atoms with Gasteiger partial charge >= 0.3 is 0 Å². The number of carbonyl (C=O) groups excluding carboxylic acids is 1. The van der Waals surface area contributed by atoms with E-state index in [2.05, 4.69) is 11.7 Å². The van der Waals surface area contributed by atoms with E-state index in [1.807, 2.05) is 6.92 Å². The molecule has 1 aliphatic carbocycles. The van der Waals surface area contributed by atoms with Gasteiger partial charge in [-0.15, -0.1) is 0 Å². The molecule has 0 spiro atoms. The largest absolute Gasteiger partial charge is 0.288 e. The highest BCUT2D eigenvalue weighted by Crippen LogP contribution is 2.38. The molecule has 0 bridgehead atoms. The van der Waals surface area contributed by atoms with Crippen LogP contribution in [0.3, 0.4) is 0 Å². The highest BCUT2D eigenvalue weighted by atomic mass is 32.2. The molecular formula is C15H18N2O5S. The molecule has 8 heteroatoms. The first-order valence-corrected chi connectivity index (χ1v) is 8.78. The zero-order valence-electron chi connectivity index (χ0n) is 13.0. The van der Waals surface area contributed by atoms with Crippen LogP contribution in [0.25, 0.3) is 0 Å². The molecule has 0 heterocycles. The summed E-state index contributed by atoms with van der Waals surface area (Å²) in [6.45, 7) is 6.48. The number of sulfone groups is 1. The number of hydrogen-bond acceptors (Lipinski definition) is 5. The predicted octanol–water partition coefficient (Wildman–Crippen LogP) is 2.71. The normalized spacial score (nSPS) is 21.1. The minimum atomic E-state index is -3.83. The number of nitro groups is 1. The Balaban J connectivity index is 2.67. The molecule has 124 valence electrons. The van der Waals surface area contributed by atoms with Crippen LogP contribution in [0.15, 0.2) is 22.0 Å². The Morgan fingerprint density at radius 2 is 2.04 bits per heavy atom. The van der Waals surface area contributed by atoms with Crippen molar-refractivity contribution >= 4 is 28.1 Å². The zero-order valence-corrected chi connectivity index (χ0v) is 13.8. The van der Waals surface area contributed by atoms with Crippen molar-refractivity contribution < 1.29 is 18.1 Å². The third-order valence-electron chi connectivity index (χ3n) is 4.36. The lowest BCUT2D eigenvalue weighted by Crippen LogP contribution is -2.25. The van der Waals surface area contributed by atoms with Crippen LogP contribution in [0.2, 0.25) is 0 Å². The van der Waals surface area contributed by atoms with Crippen molar-refractivity contribution in [1.29, 1.82) is 0 Å². The Labute approximate surface area is 134 Å². The number of carbonyl (C=O) groups is 1. The van der Waals surface area contributed by atoms with Crippen molar-refractivity contribution in [3.63, 3.8) is 0 Å². The molecule has 1 aromatic rings. The fourth-order valence-electron chi connectivity index (χ4n) is 3.09. The number of rotatable bonds is 4. The van der Waals surface area contributed by atoms with Gasteiger partial charge in [-0.25, -0.2) is 13.4 Å². The van der Waals surface area contributed by atoms with Crippen LogP contribution in [0.4, 0.5) is 5.69 Å². The number of benzene rings is 1. The molecule has 1 fully saturated rings. The van der Waals surface area contributed by atoms with Crippen molar-refractivity contribution in [3.05, 3.63) is 33.4 Å². The minimum absolute atomic E-state index is 0.00915. The van der Waals surface area contributed by atoms with Crippen molar-refractivity contribution in [2.45, 2.75) is 43.3 Å². The molecule has 1 aliphatic rings. The van der Waals surface area contributed by atoms with Gasteiger partial charge in [0.2, 0.25) is 0 Å². The lowest BCUT2D eigenvalue weighted by Gasteiger charge is -2.17. The van der Waals surface area contributed by atoms with Crippen LogP contribution in [0.1, 0.15) is 42.1 Å². The first-order chi connectivity index (χ1) is 10.7. The maximum Gasteiger partial charge on any atom is 0.288 e. The van der Waals surface area contributed by atoms with Gasteiger partial charge < -0.3 is 0 Å². The van der Waals surface area contributed by atoms with Gasteiger partial charge in [0.1, 0.15) is 4.90 Å². The van der Waals surface area contributed by atoms with Gasteiger partial charge in [0.25, 0.3) is 11.6 Å². The van der Waals surface area contributed by atoms with Gasteiger partial charge in [-0.2, -0.15) is 0 Å². The Kier molecular flexibility index (Phi) is 4.65. The average Bonchev–Trinajstić information content (AvgIpc) is 2.92. The van der Waals surface area contributed by atoms with Crippen molar-refractivity contribution in [2.24, 2.45) is 10.9 Å². The number of nitro benzene ring substituents is 1. The fraction of sp³-hybridized carbons (Fsp3) is 0.467. The van der Waals surface area contributed by atoms with E-state index in [1.54, 1.807) is 0 Å². The van der Waals surface area contributed by atoms with Gasteiger partial charge in [0.15, 0.2) is 9.84 Å². The standard InChI is InChI=1S/C15H18N2O5S/c1-9-5-4-6-13(9)23(21,22)14-7-10(2)11(15(18)16-3)8-12(14)17(19)20/h7-9,13H,3-6H2,1-2H3. The second-order valence-electron chi connectivity index (χ2n) is 5.85. The monoisotopic (exact) mass is 338 g/mol. The number of hydrogen-bond donors (Lipinski definition) is 0. The predicted molar refractivity (Wildman–Crippen MR) is 85.7 cm³/mol. The molecule has 0 saturated heterocycles. The molecule has 7 nitrogen and oxygen atoms in total. The van der Waals surface area contributed by atoms with E-state index in [1.165, 1.54) is 13.0 Å². The van der Waals surface area contributed by atoms with E-state index in [0.717, 1.165) is 18.9 Å². The second kappa shape index (κ2) is 6.19. The van der Waals surface area contributed by atoms with Gasteiger partial charge in [0, 0.05) is 6.07 Å². The maximum absolute atomic E-state index is 12.8. The quantitative estimate of drug-likeness (QED) is 0.476. The van der Waals surface area contributed by atoms with Gasteiger partial charge in [-0.05, 0) is 44.0 Å². The van der Waals surface area contributed by atoms with Gasteiger partial charge in [-0.3, -0.25) is 14.9 Å². The zero-order chi connectivity index (χ0) is 17.4. The van der Waals surface area contributed by atoms with Crippen LogP contribution in [-0.4, -0.2) is 31.2 Å². The summed E-state index contributed by atoms with van der Waals surface area (Å²) in [5.74, 6) is -0.764. The van der Waals surface area contributed by atoms with Crippen molar-refractivity contribution in [2.75, 3.05) is 0 Å². The molecular weight excluding hydrogens is 320 g/mol. The summed E-state index contributed by atoms with van der Waals surface area (Å²) in [5, 5.41) is 10.7. The number of amides is 1. The number of aliphatic imine (C=N–C) groups is 1. The van der Waals surface area contributed by atoms with Crippen LogP contribution in [0, 0.1) is 23.0 Å². The molecule has 1 saturated carbocycles. The summed E-state index contributed by atoms with van der Waals surface area (Å²) in [7, 11) is -3.83. The number of nitrogens with zero attached hydrogens (tertiary/aromatic N) is 2. The average molecular weight is 338 g/mol. The van der Waals surface area contributed by atoms with Gasteiger partial charge in [-0.1, -0.05) is 13.3 Å². The Morgan fingerprint density at radius 3 is 2.52 bits per heavy atom. The lowest BCUT2D eigenvalue weighted by molar-refractivity contribution is -0.387. The summed E-state index contributed by atoms with van der Waals surface area (Å²) in [5.41, 5.74) is -0.260. The SMILES string of the molecule is C=NC(=O)c1cc([N+](=O)[O-])c(S(=O)(=O)C2CCCC2C)cc1C. The van der Waals surface area contributed by atoms with Crippen LogP contribution >= 0.6 is 0 Å². The molecule has 2 rings (SSSR count). The minimum Gasteiger partial charge on any atom is -0.267 e. The molecule has 2 atom stereocenters. The van der Waals surface area contributed by atoms with E-state index < -0.39 is 31.6 Å². The first kappa shape index (κ1) is 17.3. The van der Waals surface area contributed by atoms with Crippen LogP contribution in [0.5, 0.6) is 0 Å². The summed E-state index contributed by atoms with van der Waals surface area (Å²) in [6.07, 6.45) is 2.07. The Bertz CT molecular complexity index is 785. The second-order valence-corrected chi connectivity index (χ2v) is 7.98. The summed E-state index contributed by atoms with van der Waals surface area (Å²) >= 11 is 0. The van der Waals surface area contributed by atoms with E-state index >= 15 is 0 Å². The van der Waals surface area contributed by atoms with E-state index in [4.69, 9.17) is 0 Å². The summed E-state index contributed by atoms with van der Waals surface area (Å²) in [6, 6.07) is 2.19. The van der Waals surface area contributed by atoms with Crippen LogP contribution in [-0.2, 0) is 9.84 Å². The third-order valence-corrected chi connectivity index (χ3v) is 6.80. The maximum atomic E-state index is 12.8. The van der Waals surface area contributed by atoms with Crippen molar-refractivity contribution in [3.8, 4) is 0 Å². The smallest absolute Gasteiger partial charge is 0.267 e. The highest BCUT2D eigenvalue weighted by molar-refractivity contribution is 7.92. The highest BCUT2D eigenvalue weighted by Gasteiger charge is 2.39. The molecule has 1 aromatic carbocycles. The Hall–Kier alpha value is -2.09. The van der Waals surface area contributed by atoms with E-state index in [0.29, 0.717) is 12.0 Å². The molecule has 0 N–H and O–H groups in total. The van der Waals surface area contributed by atoms with E-state index in [9.17, 15) is 23.3 Å². The van der Waals surface area contributed by atoms with Gasteiger partial charge in [0.05, 0.1) is 15.7 Å². The Morgan fingerprint density at radius 1 is 1.39 bits per heavy atom. The van der Waals surface area contributed by atoms with Crippen LogP contribution < -0.4 is 0 Å². The topological polar surface area (TPSA) is 107 Å². The summed E-state index contributed by atoms with van der Waals surface area (Å²) in [4.78, 5) is 25.1. The molecule has 0 aromatic heterocycles. The first-order valence-electron chi connectivity index (χ1n) is 7.24. The number of aryl methyl sites for hydroxylation is 1. The lowest BCUT2D eigenvalue weighted by atomic mass is 10.1. The molecule has 23 heavy (non-hydrogen) atoms. The summed E-state index contributed by atoms with van der Waals surface area (Å²) < 4.78 is 25.7. The fourth-order valence-corrected chi connectivity index (χ4v) is 5.41. The third kappa shape index (κ3) is 3.03.